The molecular formula is C28H30ClN3O3S. The van der Waals surface area contributed by atoms with Gasteiger partial charge in [-0.2, -0.15) is 0 Å². The van der Waals surface area contributed by atoms with Crippen LogP contribution in [-0.4, -0.2) is 32.8 Å². The molecule has 6 nitrogen and oxygen atoms in total. The van der Waals surface area contributed by atoms with Crippen LogP contribution in [0.5, 0.6) is 0 Å². The molecule has 4 aromatic rings. The van der Waals surface area contributed by atoms with Gasteiger partial charge in [0.2, 0.25) is 0 Å². The van der Waals surface area contributed by atoms with Gasteiger partial charge in [-0.05, 0) is 76.4 Å². The predicted octanol–water partition coefficient (Wildman–Crippen LogP) is 7.44. The Bertz CT molecular complexity index is 1480. The standard InChI is InChI=1S/C28H30ClN3O3S/c1-15-14-36-27(30-15)32-12-11-31-16(2)13-20-22(18-7-9-19(29)10-8-18)21(17(3)23(32)24(20)31)25(26(33)34)35-28(4,5)6/h7-10,13-14,25H,11-12H2,1-6H3,(H,33,34). The van der Waals surface area contributed by atoms with Gasteiger partial charge in [-0.15, -0.1) is 11.3 Å². The summed E-state index contributed by atoms with van der Waals surface area (Å²) in [6.45, 7) is 13.3. The Hall–Kier alpha value is -2.87. The fraction of sp³-hybridized carbons (Fsp3) is 0.357. The lowest BCUT2D eigenvalue weighted by molar-refractivity contribution is -0.160. The molecule has 3 heterocycles. The molecule has 0 spiro atoms. The Morgan fingerprint density at radius 3 is 2.44 bits per heavy atom. The van der Waals surface area contributed by atoms with Crippen molar-refractivity contribution in [3.63, 3.8) is 0 Å². The monoisotopic (exact) mass is 523 g/mol. The maximum Gasteiger partial charge on any atom is 0.337 e. The highest BCUT2D eigenvalue weighted by Crippen LogP contribution is 2.49. The first kappa shape index (κ1) is 24.8. The lowest BCUT2D eigenvalue weighted by Crippen LogP contribution is -2.31. The van der Waals surface area contributed by atoms with Crippen LogP contribution in [0.15, 0.2) is 35.7 Å². The maximum atomic E-state index is 12.8. The zero-order valence-corrected chi connectivity index (χ0v) is 22.9. The number of anilines is 2. The van der Waals surface area contributed by atoms with Gasteiger partial charge in [0.05, 0.1) is 22.5 Å². The number of carboxylic acids is 1. The lowest BCUT2D eigenvalue weighted by Gasteiger charge is -2.34. The van der Waals surface area contributed by atoms with Gasteiger partial charge in [0.15, 0.2) is 11.2 Å². The summed E-state index contributed by atoms with van der Waals surface area (Å²) in [5.41, 5.74) is 6.87. The number of aryl methyl sites for hydroxylation is 2. The molecule has 5 rings (SSSR count). The van der Waals surface area contributed by atoms with Gasteiger partial charge in [0.25, 0.3) is 0 Å². The van der Waals surface area contributed by atoms with Gasteiger partial charge in [-0.25, -0.2) is 9.78 Å². The molecule has 0 saturated carbocycles. The lowest BCUT2D eigenvalue weighted by atomic mass is 9.87. The fourth-order valence-electron chi connectivity index (χ4n) is 5.19. The molecule has 1 unspecified atom stereocenters. The van der Waals surface area contributed by atoms with Crippen LogP contribution in [-0.2, 0) is 16.1 Å². The summed E-state index contributed by atoms with van der Waals surface area (Å²) < 4.78 is 8.57. The molecule has 0 fully saturated rings. The first-order valence-corrected chi connectivity index (χ1v) is 13.2. The SMILES string of the molecule is Cc1csc(N2CCn3c(C)cc4c(-c5ccc(Cl)cc5)c(C(OC(C)(C)C)C(=O)O)c(C)c2c43)n1. The number of hydrogen-bond donors (Lipinski definition) is 1. The van der Waals surface area contributed by atoms with Crippen molar-refractivity contribution < 1.29 is 14.6 Å². The molecule has 188 valence electrons. The molecule has 1 aliphatic heterocycles. The van der Waals surface area contributed by atoms with E-state index < -0.39 is 17.7 Å². The quantitative estimate of drug-likeness (QED) is 0.294. The summed E-state index contributed by atoms with van der Waals surface area (Å²) in [7, 11) is 0. The van der Waals surface area contributed by atoms with E-state index in [0.29, 0.717) is 10.6 Å². The largest absolute Gasteiger partial charge is 0.479 e. The van der Waals surface area contributed by atoms with E-state index in [4.69, 9.17) is 21.3 Å². The summed E-state index contributed by atoms with van der Waals surface area (Å²) in [5.74, 6) is -1.02. The second kappa shape index (κ2) is 8.91. The molecule has 36 heavy (non-hydrogen) atoms. The number of aliphatic carboxylic acids is 1. The average Bonchev–Trinajstić information content (AvgIpc) is 3.38. The highest BCUT2D eigenvalue weighted by atomic mass is 35.5. The van der Waals surface area contributed by atoms with Crippen molar-refractivity contribution in [3.8, 4) is 11.1 Å². The third-order valence-corrected chi connectivity index (χ3v) is 7.81. The summed E-state index contributed by atoms with van der Waals surface area (Å²) in [4.78, 5) is 19.8. The number of halogens is 1. The van der Waals surface area contributed by atoms with Crippen LogP contribution in [0.25, 0.3) is 22.0 Å². The minimum Gasteiger partial charge on any atom is -0.479 e. The number of thiazole rings is 1. The van der Waals surface area contributed by atoms with E-state index in [-0.39, 0.29) is 0 Å². The molecule has 0 amide bonds. The number of benzene rings is 2. The van der Waals surface area contributed by atoms with E-state index in [1.807, 2.05) is 64.3 Å². The third-order valence-electron chi connectivity index (χ3n) is 6.57. The summed E-state index contributed by atoms with van der Waals surface area (Å²) in [6, 6.07) is 9.76. The van der Waals surface area contributed by atoms with Crippen LogP contribution < -0.4 is 4.90 Å². The molecule has 1 aliphatic rings. The predicted molar refractivity (Wildman–Crippen MR) is 147 cm³/mol. The number of rotatable bonds is 5. The van der Waals surface area contributed by atoms with E-state index in [0.717, 1.165) is 62.9 Å². The second-order valence-electron chi connectivity index (χ2n) is 10.3. The molecule has 1 atom stereocenters. The molecular weight excluding hydrogens is 494 g/mol. The Labute approximate surface area is 220 Å². The van der Waals surface area contributed by atoms with E-state index >= 15 is 0 Å². The Balaban J connectivity index is 1.91. The maximum absolute atomic E-state index is 12.8. The molecule has 0 saturated heterocycles. The zero-order valence-electron chi connectivity index (χ0n) is 21.3. The molecule has 0 radical (unpaired) electrons. The van der Waals surface area contributed by atoms with Crippen LogP contribution in [0, 0.1) is 20.8 Å². The van der Waals surface area contributed by atoms with E-state index in [1.165, 1.54) is 0 Å². The molecule has 0 bridgehead atoms. The van der Waals surface area contributed by atoms with E-state index in [9.17, 15) is 9.90 Å². The Kier molecular flexibility index (Phi) is 6.14. The number of nitrogens with zero attached hydrogens (tertiary/aromatic N) is 3. The highest BCUT2D eigenvalue weighted by Gasteiger charge is 2.36. The number of hydrogen-bond acceptors (Lipinski definition) is 5. The van der Waals surface area contributed by atoms with Crippen molar-refractivity contribution >= 4 is 50.6 Å². The number of ether oxygens (including phenoxy) is 1. The second-order valence-corrected chi connectivity index (χ2v) is 11.6. The Morgan fingerprint density at radius 2 is 1.86 bits per heavy atom. The molecule has 2 aromatic heterocycles. The minimum absolute atomic E-state index is 0.630. The highest BCUT2D eigenvalue weighted by molar-refractivity contribution is 7.13. The van der Waals surface area contributed by atoms with Gasteiger partial charge in [0, 0.05) is 40.1 Å². The van der Waals surface area contributed by atoms with Gasteiger partial charge >= 0.3 is 5.97 Å². The van der Waals surface area contributed by atoms with E-state index in [2.05, 4.69) is 22.5 Å². The van der Waals surface area contributed by atoms with Gasteiger partial charge in [0.1, 0.15) is 0 Å². The van der Waals surface area contributed by atoms with Crippen LogP contribution in [0.1, 0.15) is 49.4 Å². The van der Waals surface area contributed by atoms with Gasteiger partial charge in [-0.1, -0.05) is 23.7 Å². The van der Waals surface area contributed by atoms with Crippen molar-refractivity contribution in [2.75, 3.05) is 11.4 Å². The molecule has 0 aliphatic carbocycles. The minimum atomic E-state index is -1.15. The van der Waals surface area contributed by atoms with Crippen molar-refractivity contribution in [3.05, 3.63) is 63.2 Å². The zero-order chi connectivity index (χ0) is 25.9. The van der Waals surface area contributed by atoms with Crippen molar-refractivity contribution in [1.29, 1.82) is 0 Å². The number of aromatic nitrogens is 2. The first-order valence-electron chi connectivity index (χ1n) is 12.0. The number of carboxylic acid groups (broad SMARTS) is 1. The normalized spacial score (nSPS) is 14.5. The molecule has 2 aromatic carbocycles. The molecule has 1 N–H and O–H groups in total. The van der Waals surface area contributed by atoms with Crippen molar-refractivity contribution in [1.82, 2.24) is 9.55 Å². The van der Waals surface area contributed by atoms with Crippen LogP contribution in [0.4, 0.5) is 10.8 Å². The smallest absolute Gasteiger partial charge is 0.337 e. The summed E-state index contributed by atoms with van der Waals surface area (Å²) in [6.07, 6.45) is -1.15. The van der Waals surface area contributed by atoms with Gasteiger partial charge < -0.3 is 19.3 Å². The van der Waals surface area contributed by atoms with E-state index in [1.54, 1.807) is 11.3 Å². The third kappa shape index (κ3) is 4.19. The summed E-state index contributed by atoms with van der Waals surface area (Å²) in [5, 5.41) is 15.0. The fourth-order valence-corrected chi connectivity index (χ4v) is 6.15. The van der Waals surface area contributed by atoms with Crippen LogP contribution in [0.2, 0.25) is 5.02 Å². The van der Waals surface area contributed by atoms with Crippen LogP contribution in [0.3, 0.4) is 0 Å². The topological polar surface area (TPSA) is 67.6 Å². The number of carbonyl (C=O) groups is 1. The van der Waals surface area contributed by atoms with Crippen molar-refractivity contribution in [2.24, 2.45) is 0 Å². The summed E-state index contributed by atoms with van der Waals surface area (Å²) >= 11 is 7.83. The Morgan fingerprint density at radius 1 is 1.17 bits per heavy atom. The first-order chi connectivity index (χ1) is 17.0. The van der Waals surface area contributed by atoms with Crippen molar-refractivity contribution in [2.45, 2.75) is 59.8 Å². The average molecular weight is 524 g/mol. The molecule has 8 heteroatoms. The van der Waals surface area contributed by atoms with Crippen LogP contribution >= 0.6 is 22.9 Å². The van der Waals surface area contributed by atoms with Gasteiger partial charge in [-0.3, -0.25) is 0 Å².